The molecule has 11 heteroatoms. The second kappa shape index (κ2) is 10.5. The predicted octanol–water partition coefficient (Wildman–Crippen LogP) is 2.68. The van der Waals surface area contributed by atoms with Gasteiger partial charge < -0.3 is 13.8 Å². The third-order valence-electron chi connectivity index (χ3n) is 5.43. The SMILES string of the molecule is C[C@@H](CCN(c1ccc(N(C)C)cc1)S(=O)[O-])NS(=O)(=O)N1CCc2cc(Cl)ccc2C1. The Morgan fingerprint density at radius 1 is 1.16 bits per heavy atom. The van der Waals surface area contributed by atoms with E-state index < -0.39 is 27.5 Å². The number of hydrogen-bond donors (Lipinski definition) is 1. The second-order valence-electron chi connectivity index (χ2n) is 8.04. The van der Waals surface area contributed by atoms with Crippen LogP contribution in [-0.2, 0) is 34.4 Å². The van der Waals surface area contributed by atoms with E-state index in [2.05, 4.69) is 4.72 Å². The number of anilines is 2. The van der Waals surface area contributed by atoms with Crippen LogP contribution in [0, 0.1) is 0 Å². The Kier molecular flexibility index (Phi) is 8.18. The number of nitrogens with zero attached hydrogens (tertiary/aromatic N) is 3. The highest BCUT2D eigenvalue weighted by Gasteiger charge is 2.28. The summed E-state index contributed by atoms with van der Waals surface area (Å²) < 4.78 is 54.6. The summed E-state index contributed by atoms with van der Waals surface area (Å²) in [7, 11) is 0.0993. The van der Waals surface area contributed by atoms with Crippen molar-refractivity contribution in [3.63, 3.8) is 0 Å². The molecule has 1 unspecified atom stereocenters. The van der Waals surface area contributed by atoms with Crippen LogP contribution in [0.4, 0.5) is 11.4 Å². The average molecular weight is 500 g/mol. The van der Waals surface area contributed by atoms with Gasteiger partial charge in [0, 0.05) is 67.4 Å². The fraction of sp³-hybridized carbons (Fsp3) is 0.429. The van der Waals surface area contributed by atoms with Gasteiger partial charge in [-0.3, -0.25) is 4.21 Å². The number of hydrogen-bond acceptors (Lipinski definition) is 5. The molecule has 1 aliphatic heterocycles. The molecule has 0 aliphatic carbocycles. The van der Waals surface area contributed by atoms with E-state index in [9.17, 15) is 17.2 Å². The highest BCUT2D eigenvalue weighted by Crippen LogP contribution is 2.24. The van der Waals surface area contributed by atoms with E-state index in [1.807, 2.05) is 43.3 Å². The van der Waals surface area contributed by atoms with Gasteiger partial charge in [-0.15, -0.1) is 0 Å². The summed E-state index contributed by atoms with van der Waals surface area (Å²) >= 11 is 3.55. The van der Waals surface area contributed by atoms with Crippen molar-refractivity contribution in [2.75, 3.05) is 36.4 Å². The third kappa shape index (κ3) is 6.21. The van der Waals surface area contributed by atoms with Crippen LogP contribution in [0.15, 0.2) is 42.5 Å². The van der Waals surface area contributed by atoms with E-state index in [0.717, 1.165) is 16.8 Å². The van der Waals surface area contributed by atoms with Crippen LogP contribution in [0.2, 0.25) is 5.02 Å². The van der Waals surface area contributed by atoms with Crippen molar-refractivity contribution in [2.45, 2.75) is 32.4 Å². The number of halogens is 1. The van der Waals surface area contributed by atoms with Crippen LogP contribution in [0.3, 0.4) is 0 Å². The zero-order valence-corrected chi connectivity index (χ0v) is 20.7. The first kappa shape index (κ1) is 24.9. The fourth-order valence-corrected chi connectivity index (χ4v) is 5.77. The Balaban J connectivity index is 1.60. The fourth-order valence-electron chi connectivity index (χ4n) is 3.61. The lowest BCUT2D eigenvalue weighted by molar-refractivity contribution is 0.378. The molecule has 0 bridgehead atoms. The van der Waals surface area contributed by atoms with Gasteiger partial charge in [0.2, 0.25) is 0 Å². The van der Waals surface area contributed by atoms with Crippen LogP contribution < -0.4 is 13.9 Å². The lowest BCUT2D eigenvalue weighted by Gasteiger charge is -2.31. The first-order chi connectivity index (χ1) is 15.1. The van der Waals surface area contributed by atoms with Gasteiger partial charge in [-0.2, -0.15) is 17.4 Å². The molecule has 2 aromatic rings. The summed E-state index contributed by atoms with van der Waals surface area (Å²) in [6.07, 6.45) is 0.916. The maximum atomic E-state index is 12.9. The van der Waals surface area contributed by atoms with Crippen LogP contribution in [0.1, 0.15) is 24.5 Å². The molecule has 1 aliphatic rings. The van der Waals surface area contributed by atoms with Gasteiger partial charge in [-0.05, 0) is 67.3 Å². The summed E-state index contributed by atoms with van der Waals surface area (Å²) in [5, 5.41) is 0.642. The Morgan fingerprint density at radius 3 is 2.44 bits per heavy atom. The molecule has 0 aromatic heterocycles. The van der Waals surface area contributed by atoms with E-state index in [4.69, 9.17) is 11.6 Å². The molecule has 1 heterocycles. The molecule has 2 aromatic carbocycles. The minimum atomic E-state index is -3.71. The molecule has 8 nitrogen and oxygen atoms in total. The molecule has 32 heavy (non-hydrogen) atoms. The second-order valence-corrected chi connectivity index (χ2v) is 11.1. The van der Waals surface area contributed by atoms with Crippen molar-refractivity contribution in [1.82, 2.24) is 9.03 Å². The van der Waals surface area contributed by atoms with Crippen molar-refractivity contribution in [1.29, 1.82) is 0 Å². The van der Waals surface area contributed by atoms with Gasteiger partial charge >= 0.3 is 0 Å². The van der Waals surface area contributed by atoms with E-state index in [1.165, 1.54) is 8.61 Å². The number of benzene rings is 2. The van der Waals surface area contributed by atoms with Crippen LogP contribution >= 0.6 is 11.6 Å². The topological polar surface area (TPSA) is 96.0 Å². The van der Waals surface area contributed by atoms with E-state index >= 15 is 0 Å². The van der Waals surface area contributed by atoms with Gasteiger partial charge in [-0.25, -0.2) is 0 Å². The molecular weight excluding hydrogens is 472 g/mol. The normalized spacial score (nSPS) is 16.3. The van der Waals surface area contributed by atoms with Crippen LogP contribution in [0.25, 0.3) is 0 Å². The largest absolute Gasteiger partial charge is 0.755 e. The molecule has 0 saturated heterocycles. The zero-order chi connectivity index (χ0) is 23.5. The molecule has 3 rings (SSSR count). The lowest BCUT2D eigenvalue weighted by atomic mass is 10.0. The Morgan fingerprint density at radius 2 is 1.81 bits per heavy atom. The summed E-state index contributed by atoms with van der Waals surface area (Å²) in [5.74, 6) is 0. The summed E-state index contributed by atoms with van der Waals surface area (Å²) in [5.41, 5.74) is 3.49. The maximum Gasteiger partial charge on any atom is 0.280 e. The molecule has 2 atom stereocenters. The van der Waals surface area contributed by atoms with Gasteiger partial charge in [0.25, 0.3) is 10.2 Å². The van der Waals surface area contributed by atoms with E-state index in [-0.39, 0.29) is 13.1 Å². The lowest BCUT2D eigenvalue weighted by Crippen LogP contribution is -2.47. The molecule has 0 amide bonds. The Hall–Kier alpha value is -1.69. The first-order valence-electron chi connectivity index (χ1n) is 10.3. The summed E-state index contributed by atoms with van der Waals surface area (Å²) in [6.45, 7) is 2.53. The number of nitrogens with one attached hydrogen (secondary N) is 1. The van der Waals surface area contributed by atoms with E-state index in [1.54, 1.807) is 25.1 Å². The highest BCUT2D eigenvalue weighted by atomic mass is 35.5. The standard InChI is InChI=1S/C21H29ClN4O4S2/c1-16(10-13-26(31(27)28)21-8-6-20(7-9-21)24(2)3)23-32(29,30)25-12-11-17-14-19(22)5-4-18(17)15-25/h4-9,14,16,23H,10-13,15H2,1-3H3,(H,27,28)/p-1/t16-/m0/s1. The number of rotatable bonds is 9. The predicted molar refractivity (Wildman–Crippen MR) is 129 cm³/mol. The average Bonchev–Trinajstić information content (AvgIpc) is 2.73. The molecule has 1 N–H and O–H groups in total. The van der Waals surface area contributed by atoms with Crippen LogP contribution in [-0.4, -0.2) is 54.7 Å². The van der Waals surface area contributed by atoms with Crippen molar-refractivity contribution < 1.29 is 17.2 Å². The molecule has 0 spiro atoms. The third-order valence-corrected chi connectivity index (χ3v) is 8.11. The van der Waals surface area contributed by atoms with Crippen LogP contribution in [0.5, 0.6) is 0 Å². The van der Waals surface area contributed by atoms with Gasteiger partial charge in [0.05, 0.1) is 0 Å². The van der Waals surface area contributed by atoms with Crippen molar-refractivity contribution >= 4 is 44.5 Å². The van der Waals surface area contributed by atoms with Gasteiger partial charge in [0.1, 0.15) is 0 Å². The minimum absolute atomic E-state index is 0.155. The molecule has 0 saturated carbocycles. The van der Waals surface area contributed by atoms with E-state index in [0.29, 0.717) is 30.1 Å². The van der Waals surface area contributed by atoms with Crippen molar-refractivity contribution in [3.8, 4) is 0 Å². The first-order valence-corrected chi connectivity index (χ1v) is 13.1. The van der Waals surface area contributed by atoms with Crippen molar-refractivity contribution in [3.05, 3.63) is 58.6 Å². The molecular formula is C21H28ClN4O4S2-. The Labute approximate surface area is 197 Å². The molecule has 176 valence electrons. The van der Waals surface area contributed by atoms with Gasteiger partial charge in [-0.1, -0.05) is 17.7 Å². The summed E-state index contributed by atoms with van der Waals surface area (Å²) in [6, 6.07) is 12.2. The quantitative estimate of drug-likeness (QED) is 0.535. The van der Waals surface area contributed by atoms with Crippen molar-refractivity contribution in [2.24, 2.45) is 0 Å². The minimum Gasteiger partial charge on any atom is -0.755 e. The molecule has 0 radical (unpaired) electrons. The maximum absolute atomic E-state index is 12.9. The van der Waals surface area contributed by atoms with Gasteiger partial charge in [0.15, 0.2) is 0 Å². The smallest absolute Gasteiger partial charge is 0.280 e. The monoisotopic (exact) mass is 499 g/mol. The molecule has 0 fully saturated rings. The zero-order valence-electron chi connectivity index (χ0n) is 18.3. The summed E-state index contributed by atoms with van der Waals surface area (Å²) in [4.78, 5) is 1.92. The highest BCUT2D eigenvalue weighted by molar-refractivity contribution is 7.87. The number of fused-ring (bicyclic) bond motifs is 1. The Bertz CT molecular complexity index is 1060.